The van der Waals surface area contributed by atoms with E-state index in [-0.39, 0.29) is 12.5 Å². The van der Waals surface area contributed by atoms with Crippen LogP contribution in [0.2, 0.25) is 0 Å². The Morgan fingerprint density at radius 3 is 1.55 bits per heavy atom. The van der Waals surface area contributed by atoms with E-state index in [4.69, 9.17) is 43.0 Å². The molecule has 4 aliphatic heterocycles. The quantitative estimate of drug-likeness (QED) is 0.0543. The maximum atomic E-state index is 11.4. The highest BCUT2D eigenvalue weighted by Gasteiger charge is 2.55. The van der Waals surface area contributed by atoms with Gasteiger partial charge in [-0.15, -0.1) is 0 Å². The first-order valence-corrected chi connectivity index (χ1v) is 21.7. The number of carbonyl (C=O) groups is 1. The van der Waals surface area contributed by atoms with Crippen LogP contribution in [0.4, 0.5) is 0 Å². The highest BCUT2D eigenvalue weighted by Crippen LogP contribution is 2.35. The molecule has 0 spiro atoms. The van der Waals surface area contributed by atoms with Gasteiger partial charge in [0.05, 0.1) is 31.0 Å². The molecule has 0 aromatic heterocycles. The van der Waals surface area contributed by atoms with Gasteiger partial charge in [0.15, 0.2) is 25.2 Å². The molecule has 4 fully saturated rings. The fourth-order valence-electron chi connectivity index (χ4n) is 8.09. The molecule has 0 aromatic rings. The first-order chi connectivity index (χ1) is 28.5. The van der Waals surface area contributed by atoms with Crippen molar-refractivity contribution in [2.45, 2.75) is 240 Å². The molecule has 4 saturated heterocycles. The van der Waals surface area contributed by atoms with Gasteiger partial charge in [0.1, 0.15) is 79.4 Å². The van der Waals surface area contributed by atoms with Gasteiger partial charge in [0.2, 0.25) is 0 Å². The molecule has 11 N–H and O–H groups in total. The minimum Gasteiger partial charge on any atom is -0.481 e. The van der Waals surface area contributed by atoms with Crippen molar-refractivity contribution < 1.29 is 98.9 Å². The number of hydrogen-bond donors (Lipinski definition) is 11. The summed E-state index contributed by atoms with van der Waals surface area (Å²) in [5.74, 6) is -0.791. The SMILES string of the molecule is CCCCCC(CCCCCCCCCC(=O)O)OC1OC(C)C(O)C(O)C1OC1OC(CO)C(O)C(O)C1OC1OC(C)C(OC2OC(C)C(O)C(O)C2O)C(O)C1O. The largest absolute Gasteiger partial charge is 0.481 e. The normalized spacial score (nSPS) is 43.2. The number of aliphatic hydroxyl groups is 10. The molecule has 352 valence electrons. The topological polar surface area (TPSA) is 313 Å². The van der Waals surface area contributed by atoms with E-state index in [1.54, 1.807) is 6.92 Å². The molecule has 21 unspecified atom stereocenters. The van der Waals surface area contributed by atoms with Gasteiger partial charge >= 0.3 is 5.97 Å². The van der Waals surface area contributed by atoms with Crippen LogP contribution in [0.25, 0.3) is 0 Å². The van der Waals surface area contributed by atoms with E-state index in [1.807, 2.05) is 0 Å². The minimum atomic E-state index is -1.90. The molecular weight excluding hydrogens is 800 g/mol. The Kier molecular flexibility index (Phi) is 21.2. The smallest absolute Gasteiger partial charge is 0.303 e. The van der Waals surface area contributed by atoms with Crippen LogP contribution in [0.5, 0.6) is 0 Å². The molecule has 0 radical (unpaired) electrons. The molecular formula is C40H72O20. The monoisotopic (exact) mass is 872 g/mol. The van der Waals surface area contributed by atoms with Crippen LogP contribution in [0.3, 0.4) is 0 Å². The minimum absolute atomic E-state index is 0.169. The van der Waals surface area contributed by atoms with E-state index in [9.17, 15) is 55.9 Å². The second kappa shape index (κ2) is 24.7. The summed E-state index contributed by atoms with van der Waals surface area (Å²) in [6, 6.07) is 0. The van der Waals surface area contributed by atoms with E-state index in [2.05, 4.69) is 6.92 Å². The Hall–Kier alpha value is -1.25. The zero-order chi connectivity index (χ0) is 44.3. The fraction of sp³-hybridized carbons (Fsp3) is 0.975. The van der Waals surface area contributed by atoms with Crippen molar-refractivity contribution in [3.8, 4) is 0 Å². The third kappa shape index (κ3) is 13.6. The van der Waals surface area contributed by atoms with Crippen molar-refractivity contribution >= 4 is 5.97 Å². The van der Waals surface area contributed by atoms with Crippen LogP contribution in [0, 0.1) is 0 Å². The van der Waals surface area contributed by atoms with Crippen LogP contribution in [-0.2, 0) is 42.7 Å². The summed E-state index contributed by atoms with van der Waals surface area (Å²) >= 11 is 0. The maximum absolute atomic E-state index is 11.4. The van der Waals surface area contributed by atoms with Gasteiger partial charge in [-0.3, -0.25) is 4.79 Å². The Balaban J connectivity index is 1.46. The van der Waals surface area contributed by atoms with Crippen molar-refractivity contribution in [2.24, 2.45) is 0 Å². The first kappa shape index (κ1) is 51.4. The molecule has 21 atom stereocenters. The van der Waals surface area contributed by atoms with E-state index in [1.165, 1.54) is 13.8 Å². The standard InChI is InChI=1S/C40H72O20/c1-5-6-12-15-22(16-13-10-8-7-9-11-14-17-24(42)43)56-39-35(29(48)26(45)20(3)54-39)60-40-36(30(49)27(46)23(18-41)57-40)59-38-33(52)31(50)34(21(4)55-38)58-37-32(51)28(47)25(44)19(2)53-37/h19-23,25-41,44-52H,5-18H2,1-4H3,(H,42,43). The Labute approximate surface area is 351 Å². The van der Waals surface area contributed by atoms with Crippen LogP contribution in [0.15, 0.2) is 0 Å². The van der Waals surface area contributed by atoms with E-state index < -0.39 is 135 Å². The second-order valence-corrected chi connectivity index (χ2v) is 16.7. The molecule has 0 aliphatic carbocycles. The molecule has 4 aliphatic rings. The van der Waals surface area contributed by atoms with Crippen LogP contribution < -0.4 is 0 Å². The van der Waals surface area contributed by atoms with Gasteiger partial charge in [-0.1, -0.05) is 64.7 Å². The average molecular weight is 873 g/mol. The highest BCUT2D eigenvalue weighted by molar-refractivity contribution is 5.66. The van der Waals surface area contributed by atoms with Crippen LogP contribution in [0.1, 0.15) is 111 Å². The van der Waals surface area contributed by atoms with Crippen LogP contribution >= 0.6 is 0 Å². The molecule has 0 bridgehead atoms. The molecule has 0 aromatic carbocycles. The van der Waals surface area contributed by atoms with Gasteiger partial charge in [-0.25, -0.2) is 0 Å². The maximum Gasteiger partial charge on any atom is 0.303 e. The lowest BCUT2D eigenvalue weighted by molar-refractivity contribution is -0.398. The Bertz CT molecular complexity index is 1240. The van der Waals surface area contributed by atoms with E-state index in [0.717, 1.165) is 57.8 Å². The van der Waals surface area contributed by atoms with Gasteiger partial charge in [0, 0.05) is 6.42 Å². The Morgan fingerprint density at radius 1 is 0.500 bits per heavy atom. The van der Waals surface area contributed by atoms with Crippen molar-refractivity contribution in [1.29, 1.82) is 0 Å². The number of unbranched alkanes of at least 4 members (excludes halogenated alkanes) is 8. The van der Waals surface area contributed by atoms with Gasteiger partial charge in [-0.05, 0) is 40.0 Å². The molecule has 4 rings (SSSR count). The third-order valence-electron chi connectivity index (χ3n) is 11.9. The summed E-state index contributed by atoms with van der Waals surface area (Å²) in [6.07, 6.45) is -20.2. The van der Waals surface area contributed by atoms with E-state index in [0.29, 0.717) is 19.3 Å². The highest BCUT2D eigenvalue weighted by atomic mass is 16.8. The number of aliphatic carboxylic acids is 1. The van der Waals surface area contributed by atoms with Crippen molar-refractivity contribution in [1.82, 2.24) is 0 Å². The first-order valence-electron chi connectivity index (χ1n) is 21.7. The molecule has 0 amide bonds. The number of carboxylic acid groups (broad SMARTS) is 1. The third-order valence-corrected chi connectivity index (χ3v) is 11.9. The van der Waals surface area contributed by atoms with Gasteiger partial charge < -0.3 is 94.1 Å². The predicted molar refractivity (Wildman–Crippen MR) is 206 cm³/mol. The van der Waals surface area contributed by atoms with Crippen molar-refractivity contribution in [2.75, 3.05) is 6.61 Å². The molecule has 20 nitrogen and oxygen atoms in total. The van der Waals surface area contributed by atoms with Gasteiger partial charge in [-0.2, -0.15) is 0 Å². The number of rotatable bonds is 23. The van der Waals surface area contributed by atoms with Crippen molar-refractivity contribution in [3.05, 3.63) is 0 Å². The number of hydrogen-bond acceptors (Lipinski definition) is 19. The number of ether oxygens (including phenoxy) is 8. The Morgan fingerprint density at radius 2 is 0.950 bits per heavy atom. The second-order valence-electron chi connectivity index (χ2n) is 16.7. The summed E-state index contributed by atoms with van der Waals surface area (Å²) in [5.41, 5.74) is 0. The summed E-state index contributed by atoms with van der Waals surface area (Å²) in [6.45, 7) is 5.76. The zero-order valence-corrected chi connectivity index (χ0v) is 35.1. The average Bonchev–Trinajstić information content (AvgIpc) is 3.21. The number of carboxylic acids is 1. The lowest BCUT2D eigenvalue weighted by Gasteiger charge is -2.49. The molecule has 4 heterocycles. The lowest BCUT2D eigenvalue weighted by Crippen LogP contribution is -2.67. The van der Waals surface area contributed by atoms with E-state index >= 15 is 0 Å². The fourth-order valence-corrected chi connectivity index (χ4v) is 8.09. The summed E-state index contributed by atoms with van der Waals surface area (Å²) < 4.78 is 47.7. The van der Waals surface area contributed by atoms with Gasteiger partial charge in [0.25, 0.3) is 0 Å². The predicted octanol–water partition coefficient (Wildman–Crippen LogP) is -1.10. The molecule has 0 saturated carbocycles. The molecule has 20 heteroatoms. The number of aliphatic hydroxyl groups excluding tert-OH is 10. The zero-order valence-electron chi connectivity index (χ0n) is 35.1. The summed E-state index contributed by atoms with van der Waals surface area (Å²) in [4.78, 5) is 10.8. The molecule has 60 heavy (non-hydrogen) atoms. The summed E-state index contributed by atoms with van der Waals surface area (Å²) in [5, 5.41) is 116. The van der Waals surface area contributed by atoms with Crippen LogP contribution in [-0.4, -0.2) is 198 Å². The summed E-state index contributed by atoms with van der Waals surface area (Å²) in [7, 11) is 0. The lowest BCUT2D eigenvalue weighted by atomic mass is 9.96. The van der Waals surface area contributed by atoms with Crippen molar-refractivity contribution in [3.63, 3.8) is 0 Å².